The molecule has 0 saturated carbocycles. The van der Waals surface area contributed by atoms with E-state index in [1.807, 2.05) is 52.0 Å². The Morgan fingerprint density at radius 2 is 1.83 bits per heavy atom. The number of aliphatic hydroxyl groups is 1. The third kappa shape index (κ3) is 5.63. The zero-order valence-corrected chi connectivity index (χ0v) is 11.8. The van der Waals surface area contributed by atoms with Crippen LogP contribution in [0.25, 0.3) is 0 Å². The van der Waals surface area contributed by atoms with Crippen molar-refractivity contribution in [3.63, 3.8) is 0 Å². The first-order chi connectivity index (χ1) is 8.40. The third-order valence-corrected chi connectivity index (χ3v) is 2.59. The van der Waals surface area contributed by atoms with E-state index in [-0.39, 0.29) is 5.60 Å². The molecular weight excluding hydrogens is 228 g/mol. The summed E-state index contributed by atoms with van der Waals surface area (Å²) in [5.74, 6) is 0. The van der Waals surface area contributed by atoms with E-state index >= 15 is 0 Å². The van der Waals surface area contributed by atoms with Gasteiger partial charge in [0.25, 0.3) is 0 Å². The number of hydrogen-bond acceptors (Lipinski definition) is 3. The van der Waals surface area contributed by atoms with Crippen LogP contribution in [0.1, 0.15) is 38.0 Å². The zero-order chi connectivity index (χ0) is 13.6. The summed E-state index contributed by atoms with van der Waals surface area (Å²) in [5, 5.41) is 9.99. The van der Waals surface area contributed by atoms with Crippen molar-refractivity contribution < 1.29 is 14.6 Å². The number of ether oxygens (including phenoxy) is 2. The lowest BCUT2D eigenvalue weighted by Gasteiger charge is -2.20. The maximum Gasteiger partial charge on any atom is 0.103 e. The van der Waals surface area contributed by atoms with Gasteiger partial charge in [-0.15, -0.1) is 0 Å². The van der Waals surface area contributed by atoms with E-state index in [2.05, 4.69) is 0 Å². The molecule has 0 fully saturated rings. The molecule has 1 aromatic carbocycles. The van der Waals surface area contributed by atoms with Gasteiger partial charge in [0.1, 0.15) is 6.10 Å². The monoisotopic (exact) mass is 252 g/mol. The maximum absolute atomic E-state index is 9.99. The molecule has 0 heterocycles. The highest BCUT2D eigenvalue weighted by molar-refractivity contribution is 5.27. The second-order valence-electron chi connectivity index (χ2n) is 5.41. The van der Waals surface area contributed by atoms with Crippen molar-refractivity contribution in [3.05, 3.63) is 35.4 Å². The highest BCUT2D eigenvalue weighted by atomic mass is 16.5. The lowest BCUT2D eigenvalue weighted by molar-refractivity contribution is -0.0478. The first-order valence-electron chi connectivity index (χ1n) is 6.35. The quantitative estimate of drug-likeness (QED) is 0.791. The Kier molecular flexibility index (Phi) is 5.79. The number of aliphatic hydroxyl groups excluding tert-OH is 1. The van der Waals surface area contributed by atoms with Crippen LogP contribution in [0.4, 0.5) is 0 Å². The molecule has 102 valence electrons. The van der Waals surface area contributed by atoms with E-state index in [9.17, 15) is 5.11 Å². The molecule has 0 aliphatic rings. The number of rotatable bonds is 6. The second kappa shape index (κ2) is 6.88. The predicted octanol–water partition coefficient (Wildman–Crippen LogP) is 2.86. The van der Waals surface area contributed by atoms with Gasteiger partial charge in [-0.3, -0.25) is 0 Å². The summed E-state index contributed by atoms with van der Waals surface area (Å²) in [6, 6.07) is 7.80. The summed E-state index contributed by atoms with van der Waals surface area (Å²) in [6.45, 7) is 9.36. The molecular formula is C15H24O3. The van der Waals surface area contributed by atoms with Gasteiger partial charge in [0.2, 0.25) is 0 Å². The minimum atomic E-state index is -0.569. The Morgan fingerprint density at radius 1 is 1.17 bits per heavy atom. The van der Waals surface area contributed by atoms with Gasteiger partial charge < -0.3 is 14.6 Å². The van der Waals surface area contributed by atoms with Crippen molar-refractivity contribution in [2.75, 3.05) is 19.8 Å². The molecule has 0 saturated heterocycles. The lowest BCUT2D eigenvalue weighted by atomic mass is 10.0. The molecule has 0 aromatic heterocycles. The molecule has 0 amide bonds. The molecule has 0 radical (unpaired) electrons. The summed E-state index contributed by atoms with van der Waals surface area (Å²) in [4.78, 5) is 0. The fourth-order valence-electron chi connectivity index (χ4n) is 1.65. The van der Waals surface area contributed by atoms with Crippen molar-refractivity contribution in [3.8, 4) is 0 Å². The van der Waals surface area contributed by atoms with E-state index in [4.69, 9.17) is 9.47 Å². The van der Waals surface area contributed by atoms with E-state index in [0.29, 0.717) is 19.8 Å². The molecule has 3 nitrogen and oxygen atoms in total. The molecule has 0 spiro atoms. The number of benzene rings is 1. The molecule has 1 atom stereocenters. The van der Waals surface area contributed by atoms with Crippen molar-refractivity contribution in [1.82, 2.24) is 0 Å². The Balaban J connectivity index is 2.26. The highest BCUT2D eigenvalue weighted by Crippen LogP contribution is 2.17. The van der Waals surface area contributed by atoms with Gasteiger partial charge in [-0.1, -0.05) is 24.3 Å². The van der Waals surface area contributed by atoms with Gasteiger partial charge in [-0.25, -0.2) is 0 Å². The van der Waals surface area contributed by atoms with Crippen LogP contribution in [0.15, 0.2) is 24.3 Å². The summed E-state index contributed by atoms with van der Waals surface area (Å²) >= 11 is 0. The van der Waals surface area contributed by atoms with Crippen LogP contribution in [0.2, 0.25) is 0 Å². The van der Waals surface area contributed by atoms with Crippen LogP contribution in [0.3, 0.4) is 0 Å². The van der Waals surface area contributed by atoms with Crippen LogP contribution in [-0.2, 0) is 9.47 Å². The largest absolute Gasteiger partial charge is 0.386 e. The maximum atomic E-state index is 9.99. The number of hydrogen-bond donors (Lipinski definition) is 1. The fraction of sp³-hybridized carbons (Fsp3) is 0.600. The highest BCUT2D eigenvalue weighted by Gasteiger charge is 2.11. The van der Waals surface area contributed by atoms with Crippen LogP contribution >= 0.6 is 0 Å². The van der Waals surface area contributed by atoms with E-state index in [0.717, 1.165) is 11.1 Å². The first-order valence-corrected chi connectivity index (χ1v) is 6.35. The second-order valence-corrected chi connectivity index (χ2v) is 5.41. The standard InChI is InChI=1S/C15H24O3/c1-12-7-5-6-8-13(12)14(16)11-17-9-10-18-15(2,3)4/h5-8,14,16H,9-11H2,1-4H3. The van der Waals surface area contributed by atoms with Gasteiger partial charge in [-0.2, -0.15) is 0 Å². The van der Waals surface area contributed by atoms with Gasteiger partial charge >= 0.3 is 0 Å². The Hall–Kier alpha value is -0.900. The summed E-state index contributed by atoms with van der Waals surface area (Å²) < 4.78 is 11.0. The topological polar surface area (TPSA) is 38.7 Å². The van der Waals surface area contributed by atoms with Crippen molar-refractivity contribution in [2.24, 2.45) is 0 Å². The molecule has 1 unspecified atom stereocenters. The van der Waals surface area contributed by atoms with Gasteiger partial charge in [0.15, 0.2) is 0 Å². The Morgan fingerprint density at radius 3 is 2.44 bits per heavy atom. The van der Waals surface area contributed by atoms with E-state index in [1.165, 1.54) is 0 Å². The summed E-state index contributed by atoms with van der Waals surface area (Å²) in [7, 11) is 0. The zero-order valence-electron chi connectivity index (χ0n) is 11.8. The molecule has 1 aromatic rings. The van der Waals surface area contributed by atoms with Crippen molar-refractivity contribution in [2.45, 2.75) is 39.4 Å². The molecule has 1 N–H and O–H groups in total. The molecule has 1 rings (SSSR count). The van der Waals surface area contributed by atoms with Crippen molar-refractivity contribution in [1.29, 1.82) is 0 Å². The molecule has 3 heteroatoms. The third-order valence-electron chi connectivity index (χ3n) is 2.59. The van der Waals surface area contributed by atoms with Crippen LogP contribution < -0.4 is 0 Å². The van der Waals surface area contributed by atoms with Crippen LogP contribution in [0, 0.1) is 6.92 Å². The normalized spacial score (nSPS) is 13.6. The van der Waals surface area contributed by atoms with E-state index < -0.39 is 6.10 Å². The van der Waals surface area contributed by atoms with E-state index in [1.54, 1.807) is 0 Å². The molecule has 0 aliphatic heterocycles. The van der Waals surface area contributed by atoms with Crippen LogP contribution in [0.5, 0.6) is 0 Å². The smallest absolute Gasteiger partial charge is 0.103 e. The average molecular weight is 252 g/mol. The fourth-order valence-corrected chi connectivity index (χ4v) is 1.65. The van der Waals surface area contributed by atoms with Gasteiger partial charge in [-0.05, 0) is 38.8 Å². The minimum Gasteiger partial charge on any atom is -0.386 e. The molecule has 18 heavy (non-hydrogen) atoms. The molecule has 0 bridgehead atoms. The van der Waals surface area contributed by atoms with Crippen LogP contribution in [-0.4, -0.2) is 30.5 Å². The molecule has 0 aliphatic carbocycles. The SMILES string of the molecule is Cc1ccccc1C(O)COCCOC(C)(C)C. The summed E-state index contributed by atoms with van der Waals surface area (Å²) in [5.41, 5.74) is 1.87. The number of aryl methyl sites for hydroxylation is 1. The predicted molar refractivity (Wildman–Crippen MR) is 72.7 cm³/mol. The van der Waals surface area contributed by atoms with Crippen molar-refractivity contribution >= 4 is 0 Å². The minimum absolute atomic E-state index is 0.141. The van der Waals surface area contributed by atoms with Gasteiger partial charge in [0, 0.05) is 0 Å². The average Bonchev–Trinajstić information content (AvgIpc) is 2.27. The Labute approximate surface area is 110 Å². The first kappa shape index (κ1) is 15.2. The Bertz CT molecular complexity index is 355. The summed E-state index contributed by atoms with van der Waals surface area (Å²) in [6.07, 6.45) is -0.569. The lowest BCUT2D eigenvalue weighted by Crippen LogP contribution is -2.22. The van der Waals surface area contributed by atoms with Gasteiger partial charge in [0.05, 0.1) is 25.4 Å².